The molecular formula is C16H23N3O3. The van der Waals surface area contributed by atoms with Gasteiger partial charge in [-0.25, -0.2) is 5.43 Å². The first-order valence-corrected chi connectivity index (χ1v) is 7.12. The van der Waals surface area contributed by atoms with Crippen LogP contribution < -0.4 is 11.2 Å². The van der Waals surface area contributed by atoms with Crippen molar-refractivity contribution in [3.8, 4) is 0 Å². The van der Waals surface area contributed by atoms with Crippen LogP contribution in [0, 0.1) is 0 Å². The van der Waals surface area contributed by atoms with E-state index in [9.17, 15) is 9.59 Å². The van der Waals surface area contributed by atoms with Gasteiger partial charge in [-0.1, -0.05) is 32.9 Å². The van der Waals surface area contributed by atoms with Crippen LogP contribution in [-0.2, 0) is 14.9 Å². The van der Waals surface area contributed by atoms with E-state index in [4.69, 9.17) is 10.5 Å². The van der Waals surface area contributed by atoms with E-state index in [-0.39, 0.29) is 30.2 Å². The van der Waals surface area contributed by atoms with Crippen LogP contribution in [0.4, 0.5) is 0 Å². The minimum absolute atomic E-state index is 0.00175. The lowest BCUT2D eigenvalue weighted by Gasteiger charge is -2.18. The van der Waals surface area contributed by atoms with Crippen molar-refractivity contribution >= 4 is 17.7 Å². The van der Waals surface area contributed by atoms with Crippen LogP contribution in [0.15, 0.2) is 29.4 Å². The monoisotopic (exact) mass is 305 g/mol. The summed E-state index contributed by atoms with van der Waals surface area (Å²) in [6, 6.07) is 7.27. The smallest absolute Gasteiger partial charge is 0.313 e. The molecule has 1 amide bonds. The van der Waals surface area contributed by atoms with E-state index < -0.39 is 5.97 Å². The Morgan fingerprint density at radius 1 is 1.23 bits per heavy atom. The lowest BCUT2D eigenvalue weighted by atomic mass is 9.87. The fourth-order valence-corrected chi connectivity index (χ4v) is 1.71. The van der Waals surface area contributed by atoms with Crippen molar-refractivity contribution in [1.82, 2.24) is 5.43 Å². The normalized spacial score (nSPS) is 11.9. The number of nitrogens with two attached hydrogens (primary N) is 1. The molecule has 0 saturated heterocycles. The van der Waals surface area contributed by atoms with Crippen LogP contribution in [0.3, 0.4) is 0 Å². The van der Waals surface area contributed by atoms with Gasteiger partial charge in [-0.2, -0.15) is 5.10 Å². The summed E-state index contributed by atoms with van der Waals surface area (Å²) in [5, 5.41) is 3.69. The highest BCUT2D eigenvalue weighted by atomic mass is 16.5. The van der Waals surface area contributed by atoms with E-state index >= 15 is 0 Å². The van der Waals surface area contributed by atoms with Crippen LogP contribution in [0.5, 0.6) is 0 Å². The number of nitrogens with zero attached hydrogens (tertiary/aromatic N) is 1. The summed E-state index contributed by atoms with van der Waals surface area (Å²) in [4.78, 5) is 23.1. The number of hydrazone groups is 1. The first-order chi connectivity index (χ1) is 10.2. The predicted octanol–water partition coefficient (Wildman–Crippen LogP) is 1.94. The highest BCUT2D eigenvalue weighted by Crippen LogP contribution is 2.22. The van der Waals surface area contributed by atoms with E-state index in [0.717, 1.165) is 5.56 Å². The number of amides is 1. The van der Waals surface area contributed by atoms with Gasteiger partial charge in [0.25, 0.3) is 5.91 Å². The van der Waals surface area contributed by atoms with E-state index in [1.807, 2.05) is 12.1 Å². The number of ether oxygens (including phenoxy) is 1. The summed E-state index contributed by atoms with van der Waals surface area (Å²) in [6.45, 7) is 8.28. The number of nitrogens with one attached hydrogen (secondary N) is 1. The molecule has 0 heterocycles. The summed E-state index contributed by atoms with van der Waals surface area (Å²) in [5.41, 5.74) is 9.50. The van der Waals surface area contributed by atoms with E-state index in [1.54, 1.807) is 19.1 Å². The van der Waals surface area contributed by atoms with Gasteiger partial charge in [-0.15, -0.1) is 0 Å². The van der Waals surface area contributed by atoms with Gasteiger partial charge in [0.05, 0.1) is 6.61 Å². The molecule has 0 radical (unpaired) electrons. The van der Waals surface area contributed by atoms with E-state index in [0.29, 0.717) is 5.56 Å². The summed E-state index contributed by atoms with van der Waals surface area (Å²) in [7, 11) is 0. The summed E-state index contributed by atoms with van der Waals surface area (Å²) in [5.74, 6) is -0.863. The van der Waals surface area contributed by atoms with Crippen molar-refractivity contribution in [1.29, 1.82) is 0 Å². The van der Waals surface area contributed by atoms with Crippen molar-refractivity contribution < 1.29 is 14.3 Å². The molecule has 120 valence electrons. The molecule has 1 aromatic carbocycles. The number of esters is 1. The Kier molecular flexibility index (Phi) is 6.10. The third-order valence-corrected chi connectivity index (χ3v) is 2.94. The predicted molar refractivity (Wildman–Crippen MR) is 85.5 cm³/mol. The van der Waals surface area contributed by atoms with Gasteiger partial charge >= 0.3 is 5.97 Å². The average Bonchev–Trinajstić information content (AvgIpc) is 2.44. The minimum atomic E-state index is -0.479. The van der Waals surface area contributed by atoms with Gasteiger partial charge < -0.3 is 10.5 Å². The molecule has 0 unspecified atom stereocenters. The van der Waals surface area contributed by atoms with Crippen LogP contribution in [0.1, 0.15) is 50.0 Å². The molecule has 1 aromatic rings. The molecule has 0 aromatic heterocycles. The highest BCUT2D eigenvalue weighted by Gasteiger charge is 2.14. The number of rotatable bonds is 5. The average molecular weight is 305 g/mol. The van der Waals surface area contributed by atoms with Gasteiger partial charge in [-0.05, 0) is 30.0 Å². The fourth-order valence-electron chi connectivity index (χ4n) is 1.71. The molecule has 0 bridgehead atoms. The Bertz CT molecular complexity index is 557. The Balaban J connectivity index is 2.64. The van der Waals surface area contributed by atoms with Crippen LogP contribution in [0.25, 0.3) is 0 Å². The first kappa shape index (κ1) is 17.7. The summed E-state index contributed by atoms with van der Waals surface area (Å²) >= 11 is 0. The van der Waals surface area contributed by atoms with Crippen molar-refractivity contribution in [3.05, 3.63) is 35.4 Å². The second-order valence-electron chi connectivity index (χ2n) is 5.85. The van der Waals surface area contributed by atoms with Crippen molar-refractivity contribution in [2.24, 2.45) is 10.8 Å². The quantitative estimate of drug-likeness (QED) is 0.376. The third kappa shape index (κ3) is 5.55. The molecule has 3 N–H and O–H groups in total. The SMILES string of the molecule is CCOC(=O)CC(N)=NNC(=O)c1ccc(C(C)(C)C)cc1. The van der Waals surface area contributed by atoms with Crippen molar-refractivity contribution in [2.45, 2.75) is 39.5 Å². The molecular weight excluding hydrogens is 282 g/mol. The Morgan fingerprint density at radius 2 is 1.82 bits per heavy atom. The van der Waals surface area contributed by atoms with Crippen LogP contribution in [-0.4, -0.2) is 24.3 Å². The van der Waals surface area contributed by atoms with E-state index in [1.165, 1.54) is 0 Å². The lowest BCUT2D eigenvalue weighted by Crippen LogP contribution is -2.25. The maximum Gasteiger partial charge on any atom is 0.313 e. The standard InChI is InChI=1S/C16H23N3O3/c1-5-22-14(20)10-13(17)18-19-15(21)11-6-8-12(9-7-11)16(2,3)4/h6-9H,5,10H2,1-4H3,(H2,17,18)(H,19,21). The fraction of sp³-hybridized carbons (Fsp3) is 0.438. The van der Waals surface area contributed by atoms with Gasteiger partial charge in [0.15, 0.2) is 0 Å². The number of hydrogen-bond donors (Lipinski definition) is 2. The minimum Gasteiger partial charge on any atom is -0.466 e. The topological polar surface area (TPSA) is 93.8 Å². The zero-order valence-electron chi connectivity index (χ0n) is 13.5. The number of hydrogen-bond acceptors (Lipinski definition) is 4. The first-order valence-electron chi connectivity index (χ1n) is 7.12. The van der Waals surface area contributed by atoms with Gasteiger partial charge in [0.1, 0.15) is 12.3 Å². The van der Waals surface area contributed by atoms with Crippen molar-refractivity contribution in [2.75, 3.05) is 6.61 Å². The number of carbonyl (C=O) groups is 2. The molecule has 0 aliphatic carbocycles. The van der Waals surface area contributed by atoms with Crippen LogP contribution in [0.2, 0.25) is 0 Å². The molecule has 6 heteroatoms. The second-order valence-corrected chi connectivity index (χ2v) is 5.85. The zero-order chi connectivity index (χ0) is 16.8. The zero-order valence-corrected chi connectivity index (χ0v) is 13.5. The summed E-state index contributed by atoms with van der Waals surface area (Å²) < 4.78 is 4.74. The lowest BCUT2D eigenvalue weighted by molar-refractivity contribution is -0.141. The maximum absolute atomic E-state index is 11.9. The van der Waals surface area contributed by atoms with E-state index in [2.05, 4.69) is 31.3 Å². The second kappa shape index (κ2) is 7.59. The molecule has 0 aliphatic rings. The molecule has 22 heavy (non-hydrogen) atoms. The number of benzene rings is 1. The number of amidine groups is 1. The van der Waals surface area contributed by atoms with Crippen LogP contribution >= 0.6 is 0 Å². The molecule has 0 spiro atoms. The van der Waals surface area contributed by atoms with Gasteiger partial charge in [0.2, 0.25) is 0 Å². The van der Waals surface area contributed by atoms with Gasteiger partial charge in [-0.3, -0.25) is 9.59 Å². The molecule has 1 rings (SSSR count). The highest BCUT2D eigenvalue weighted by molar-refractivity contribution is 5.99. The van der Waals surface area contributed by atoms with Crippen molar-refractivity contribution in [3.63, 3.8) is 0 Å². The maximum atomic E-state index is 11.9. The largest absolute Gasteiger partial charge is 0.466 e. The molecule has 6 nitrogen and oxygen atoms in total. The number of carbonyl (C=O) groups excluding carboxylic acids is 2. The molecule has 0 fully saturated rings. The molecule has 0 aliphatic heterocycles. The molecule has 0 atom stereocenters. The molecule has 0 saturated carbocycles. The third-order valence-electron chi connectivity index (χ3n) is 2.94. The Labute approximate surface area is 130 Å². The Morgan fingerprint density at radius 3 is 2.32 bits per heavy atom. The Hall–Kier alpha value is -2.37. The van der Waals surface area contributed by atoms with Gasteiger partial charge in [0, 0.05) is 5.56 Å². The summed E-state index contributed by atoms with van der Waals surface area (Å²) in [6.07, 6.45) is -0.156.